The summed E-state index contributed by atoms with van der Waals surface area (Å²) in [4.78, 5) is 0.151. The highest BCUT2D eigenvalue weighted by atomic mass is 32.2. The number of nitrogens with one attached hydrogen (secondary N) is 2. The standard InChI is InChI=1S/C16H18N4O3S/c1-10(2)23-12-5-7-13(8-6-12)24(21,22)19-15-11(3)4-9-14-16(15)18-20-17-14/h4-10,19H,1-3H3,(H,17,18,20). The van der Waals surface area contributed by atoms with Gasteiger partial charge in [0.2, 0.25) is 0 Å². The van der Waals surface area contributed by atoms with Crippen LogP contribution in [0.25, 0.3) is 11.0 Å². The molecule has 0 bridgehead atoms. The Hall–Kier alpha value is -2.61. The van der Waals surface area contributed by atoms with Crippen molar-refractivity contribution in [2.45, 2.75) is 31.8 Å². The van der Waals surface area contributed by atoms with Crippen LogP contribution in [0.4, 0.5) is 5.69 Å². The van der Waals surface area contributed by atoms with Crippen LogP contribution in [0.1, 0.15) is 19.4 Å². The molecule has 3 aromatic rings. The van der Waals surface area contributed by atoms with E-state index in [1.54, 1.807) is 24.3 Å². The first kappa shape index (κ1) is 16.3. The van der Waals surface area contributed by atoms with Gasteiger partial charge in [-0.2, -0.15) is 15.4 Å². The third-order valence-corrected chi connectivity index (χ3v) is 4.81. The van der Waals surface area contributed by atoms with E-state index in [1.165, 1.54) is 12.1 Å². The number of H-pyrrole nitrogens is 1. The van der Waals surface area contributed by atoms with Crippen LogP contribution in [0.3, 0.4) is 0 Å². The Morgan fingerprint density at radius 2 is 1.79 bits per heavy atom. The predicted molar refractivity (Wildman–Crippen MR) is 91.6 cm³/mol. The second kappa shape index (κ2) is 6.12. The minimum atomic E-state index is -3.74. The molecular weight excluding hydrogens is 328 g/mol. The highest BCUT2D eigenvalue weighted by Gasteiger charge is 2.18. The van der Waals surface area contributed by atoms with Crippen molar-refractivity contribution in [3.8, 4) is 5.75 Å². The fourth-order valence-corrected chi connectivity index (χ4v) is 3.44. The summed E-state index contributed by atoms with van der Waals surface area (Å²) in [5, 5.41) is 10.5. The quantitative estimate of drug-likeness (QED) is 0.740. The fourth-order valence-electron chi connectivity index (χ4n) is 2.30. The highest BCUT2D eigenvalue weighted by molar-refractivity contribution is 7.92. The molecule has 0 amide bonds. The summed E-state index contributed by atoms with van der Waals surface area (Å²) in [6.45, 7) is 5.63. The van der Waals surface area contributed by atoms with Crippen molar-refractivity contribution >= 4 is 26.7 Å². The molecule has 1 heterocycles. The molecule has 0 aliphatic heterocycles. The molecule has 0 saturated heterocycles. The third kappa shape index (κ3) is 3.18. The van der Waals surface area contributed by atoms with Crippen LogP contribution in [0, 0.1) is 6.92 Å². The number of hydrogen-bond acceptors (Lipinski definition) is 5. The summed E-state index contributed by atoms with van der Waals surface area (Å²) in [5.74, 6) is 0.624. The zero-order chi connectivity index (χ0) is 17.3. The SMILES string of the molecule is Cc1ccc2n[nH]nc2c1NS(=O)(=O)c1ccc(OC(C)C)cc1. The van der Waals surface area contributed by atoms with Crippen LogP contribution in [0.2, 0.25) is 0 Å². The summed E-state index contributed by atoms with van der Waals surface area (Å²) < 4.78 is 33.4. The van der Waals surface area contributed by atoms with Gasteiger partial charge in [0.1, 0.15) is 16.8 Å². The Morgan fingerprint density at radius 3 is 2.46 bits per heavy atom. The number of ether oxygens (including phenoxy) is 1. The molecule has 2 N–H and O–H groups in total. The zero-order valence-corrected chi connectivity index (χ0v) is 14.4. The molecule has 0 saturated carbocycles. The first-order valence-electron chi connectivity index (χ1n) is 7.46. The van der Waals surface area contributed by atoms with E-state index in [4.69, 9.17) is 4.74 Å². The van der Waals surface area contributed by atoms with Crippen molar-refractivity contribution < 1.29 is 13.2 Å². The van der Waals surface area contributed by atoms with E-state index >= 15 is 0 Å². The van der Waals surface area contributed by atoms with Gasteiger partial charge in [0.25, 0.3) is 10.0 Å². The minimum Gasteiger partial charge on any atom is -0.491 e. The Balaban J connectivity index is 1.93. The summed E-state index contributed by atoms with van der Waals surface area (Å²) in [6, 6.07) is 9.87. The summed E-state index contributed by atoms with van der Waals surface area (Å²) >= 11 is 0. The predicted octanol–water partition coefficient (Wildman–Crippen LogP) is 2.85. The molecule has 8 heteroatoms. The van der Waals surface area contributed by atoms with Gasteiger partial charge in [-0.05, 0) is 56.7 Å². The number of sulfonamides is 1. The van der Waals surface area contributed by atoms with Crippen molar-refractivity contribution in [3.05, 3.63) is 42.0 Å². The molecule has 0 radical (unpaired) electrons. The van der Waals surface area contributed by atoms with Gasteiger partial charge in [-0.3, -0.25) is 4.72 Å². The number of aromatic amines is 1. The van der Waals surface area contributed by atoms with Crippen LogP contribution < -0.4 is 9.46 Å². The number of nitrogens with zero attached hydrogens (tertiary/aromatic N) is 2. The number of benzene rings is 2. The van der Waals surface area contributed by atoms with Crippen LogP contribution >= 0.6 is 0 Å². The number of anilines is 1. The number of aryl methyl sites for hydroxylation is 1. The first-order valence-corrected chi connectivity index (χ1v) is 8.95. The van der Waals surface area contributed by atoms with E-state index in [0.29, 0.717) is 22.5 Å². The fraction of sp³-hybridized carbons (Fsp3) is 0.250. The Labute approximate surface area is 140 Å². The van der Waals surface area contributed by atoms with E-state index < -0.39 is 10.0 Å². The van der Waals surface area contributed by atoms with Gasteiger partial charge in [0, 0.05) is 0 Å². The molecule has 7 nitrogen and oxygen atoms in total. The van der Waals surface area contributed by atoms with E-state index in [-0.39, 0.29) is 11.0 Å². The summed E-state index contributed by atoms with van der Waals surface area (Å²) in [5.41, 5.74) is 2.26. The monoisotopic (exact) mass is 346 g/mol. The number of fused-ring (bicyclic) bond motifs is 1. The van der Waals surface area contributed by atoms with Gasteiger partial charge in [-0.15, -0.1) is 0 Å². The summed E-state index contributed by atoms with van der Waals surface area (Å²) in [6.07, 6.45) is 0.0259. The summed E-state index contributed by atoms with van der Waals surface area (Å²) in [7, 11) is -3.74. The average molecular weight is 346 g/mol. The van der Waals surface area contributed by atoms with Gasteiger partial charge in [-0.1, -0.05) is 6.07 Å². The van der Waals surface area contributed by atoms with Crippen molar-refractivity contribution in [2.24, 2.45) is 0 Å². The average Bonchev–Trinajstić information content (AvgIpc) is 2.99. The van der Waals surface area contributed by atoms with E-state index in [0.717, 1.165) is 5.56 Å². The van der Waals surface area contributed by atoms with E-state index in [2.05, 4.69) is 20.1 Å². The number of hydrogen-bond donors (Lipinski definition) is 2. The molecule has 0 aliphatic carbocycles. The lowest BCUT2D eigenvalue weighted by molar-refractivity contribution is 0.242. The zero-order valence-electron chi connectivity index (χ0n) is 13.6. The van der Waals surface area contributed by atoms with Gasteiger partial charge in [-0.25, -0.2) is 8.42 Å². The number of rotatable bonds is 5. The molecule has 1 aromatic heterocycles. The second-order valence-corrected chi connectivity index (χ2v) is 7.37. The van der Waals surface area contributed by atoms with Crippen LogP contribution in [-0.4, -0.2) is 29.9 Å². The lowest BCUT2D eigenvalue weighted by atomic mass is 10.2. The molecule has 24 heavy (non-hydrogen) atoms. The van der Waals surface area contributed by atoms with Crippen LogP contribution in [0.15, 0.2) is 41.3 Å². The molecular formula is C16H18N4O3S. The first-order chi connectivity index (χ1) is 11.4. The third-order valence-electron chi connectivity index (χ3n) is 3.44. The number of aromatic nitrogens is 3. The smallest absolute Gasteiger partial charge is 0.261 e. The molecule has 2 aromatic carbocycles. The largest absolute Gasteiger partial charge is 0.491 e. The molecule has 126 valence electrons. The maximum Gasteiger partial charge on any atom is 0.261 e. The Morgan fingerprint density at radius 1 is 1.08 bits per heavy atom. The maximum absolute atomic E-state index is 12.6. The second-order valence-electron chi connectivity index (χ2n) is 5.69. The maximum atomic E-state index is 12.6. The van der Waals surface area contributed by atoms with Crippen molar-refractivity contribution in [1.29, 1.82) is 0 Å². The van der Waals surface area contributed by atoms with E-state index in [1.807, 2.05) is 20.8 Å². The Kier molecular flexibility index (Phi) is 4.15. The van der Waals surface area contributed by atoms with Gasteiger partial charge in [0.15, 0.2) is 0 Å². The van der Waals surface area contributed by atoms with Crippen LogP contribution in [0.5, 0.6) is 5.75 Å². The van der Waals surface area contributed by atoms with Gasteiger partial charge < -0.3 is 4.74 Å². The van der Waals surface area contributed by atoms with Gasteiger partial charge in [0.05, 0.1) is 16.7 Å². The molecule has 0 aliphatic rings. The van der Waals surface area contributed by atoms with Crippen LogP contribution in [-0.2, 0) is 10.0 Å². The minimum absolute atomic E-state index is 0.0259. The lowest BCUT2D eigenvalue weighted by Crippen LogP contribution is -2.14. The van der Waals surface area contributed by atoms with Crippen molar-refractivity contribution in [3.63, 3.8) is 0 Å². The lowest BCUT2D eigenvalue weighted by Gasteiger charge is -2.12. The molecule has 0 fully saturated rings. The van der Waals surface area contributed by atoms with E-state index in [9.17, 15) is 8.42 Å². The normalized spacial score (nSPS) is 11.8. The highest BCUT2D eigenvalue weighted by Crippen LogP contribution is 2.27. The topological polar surface area (TPSA) is 97.0 Å². The molecule has 0 unspecified atom stereocenters. The van der Waals surface area contributed by atoms with Crippen molar-refractivity contribution in [2.75, 3.05) is 4.72 Å². The molecule has 3 rings (SSSR count). The molecule has 0 spiro atoms. The Bertz CT molecular complexity index is 963. The van der Waals surface area contributed by atoms with Crippen molar-refractivity contribution in [1.82, 2.24) is 15.4 Å². The van der Waals surface area contributed by atoms with Gasteiger partial charge >= 0.3 is 0 Å². The molecule has 0 atom stereocenters.